The highest BCUT2D eigenvalue weighted by Crippen LogP contribution is 2.15. The van der Waals surface area contributed by atoms with E-state index >= 15 is 0 Å². The number of carbonyl (C=O) groups is 1. The Kier molecular flexibility index (Phi) is 2.33. The molecule has 1 heterocycles. The molecule has 2 nitrogen and oxygen atoms in total. The van der Waals surface area contributed by atoms with E-state index in [9.17, 15) is 4.79 Å². The molecule has 1 aliphatic heterocycles. The molecule has 0 spiro atoms. The van der Waals surface area contributed by atoms with Crippen molar-refractivity contribution in [3.05, 3.63) is 12.7 Å². The van der Waals surface area contributed by atoms with Crippen molar-refractivity contribution < 1.29 is 4.79 Å². The van der Waals surface area contributed by atoms with Gasteiger partial charge in [0, 0.05) is 19.5 Å². The fraction of sp³-hybridized carbons (Fsp3) is 0.571. The number of halogens is 1. The number of likely N-dealkylation sites (tertiary alicyclic amines) is 1. The SMILES string of the molecule is C=CCN1CC(Cl)CC1=O. The fourth-order valence-corrected chi connectivity index (χ4v) is 1.35. The normalized spacial score (nSPS) is 25.5. The standard InChI is InChI=1S/C7H10ClNO/c1-2-3-9-5-6(8)4-7(9)10/h2,6H,1,3-5H2. The van der Waals surface area contributed by atoms with Gasteiger partial charge < -0.3 is 4.90 Å². The summed E-state index contributed by atoms with van der Waals surface area (Å²) in [5.74, 6) is 0.139. The molecule has 1 amide bonds. The van der Waals surface area contributed by atoms with Gasteiger partial charge in [-0.15, -0.1) is 18.2 Å². The third kappa shape index (κ3) is 1.51. The van der Waals surface area contributed by atoms with Crippen LogP contribution < -0.4 is 0 Å². The van der Waals surface area contributed by atoms with Crippen LogP contribution in [0, 0.1) is 0 Å². The Labute approximate surface area is 65.5 Å². The van der Waals surface area contributed by atoms with Gasteiger partial charge in [0.05, 0.1) is 5.38 Å². The van der Waals surface area contributed by atoms with Crippen molar-refractivity contribution >= 4 is 17.5 Å². The summed E-state index contributed by atoms with van der Waals surface area (Å²) in [6.07, 6.45) is 2.20. The zero-order chi connectivity index (χ0) is 7.56. The smallest absolute Gasteiger partial charge is 0.224 e. The van der Waals surface area contributed by atoms with Crippen LogP contribution in [0.2, 0.25) is 0 Å². The van der Waals surface area contributed by atoms with Crippen molar-refractivity contribution in [1.82, 2.24) is 4.90 Å². The highest BCUT2D eigenvalue weighted by atomic mass is 35.5. The molecule has 0 N–H and O–H groups in total. The van der Waals surface area contributed by atoms with Crippen LogP contribution in [-0.4, -0.2) is 29.3 Å². The first-order valence-corrected chi connectivity index (χ1v) is 3.70. The van der Waals surface area contributed by atoms with E-state index in [1.807, 2.05) is 0 Å². The minimum atomic E-state index is 0.00690. The van der Waals surface area contributed by atoms with Crippen molar-refractivity contribution in [1.29, 1.82) is 0 Å². The Morgan fingerprint density at radius 2 is 2.60 bits per heavy atom. The summed E-state index contributed by atoms with van der Waals surface area (Å²) in [6, 6.07) is 0. The van der Waals surface area contributed by atoms with Gasteiger partial charge in [0.1, 0.15) is 0 Å². The number of hydrogen-bond donors (Lipinski definition) is 0. The van der Waals surface area contributed by atoms with Gasteiger partial charge in [0.15, 0.2) is 0 Å². The zero-order valence-corrected chi connectivity index (χ0v) is 6.47. The summed E-state index contributed by atoms with van der Waals surface area (Å²) in [7, 11) is 0. The quantitative estimate of drug-likeness (QED) is 0.435. The monoisotopic (exact) mass is 159 g/mol. The molecule has 56 valence electrons. The lowest BCUT2D eigenvalue weighted by Gasteiger charge is -2.11. The van der Waals surface area contributed by atoms with Crippen molar-refractivity contribution in [3.8, 4) is 0 Å². The van der Waals surface area contributed by atoms with Gasteiger partial charge in [-0.2, -0.15) is 0 Å². The van der Waals surface area contributed by atoms with Crippen molar-refractivity contribution in [2.45, 2.75) is 11.8 Å². The molecule has 0 aromatic rings. The van der Waals surface area contributed by atoms with E-state index in [2.05, 4.69) is 6.58 Å². The Bertz CT molecular complexity index is 158. The molecule has 1 atom stereocenters. The molecular weight excluding hydrogens is 150 g/mol. The number of carbonyl (C=O) groups excluding carboxylic acids is 1. The van der Waals surface area contributed by atoms with E-state index in [0.717, 1.165) is 0 Å². The average molecular weight is 160 g/mol. The Morgan fingerprint density at radius 1 is 1.90 bits per heavy atom. The van der Waals surface area contributed by atoms with Crippen LogP contribution in [-0.2, 0) is 4.79 Å². The Morgan fingerprint density at radius 3 is 3.00 bits per heavy atom. The molecule has 0 saturated carbocycles. The highest BCUT2D eigenvalue weighted by molar-refractivity contribution is 6.22. The van der Waals surface area contributed by atoms with E-state index in [1.54, 1.807) is 11.0 Å². The minimum absolute atomic E-state index is 0.00690. The highest BCUT2D eigenvalue weighted by Gasteiger charge is 2.26. The Hall–Kier alpha value is -0.500. The number of hydrogen-bond acceptors (Lipinski definition) is 1. The van der Waals surface area contributed by atoms with Crippen LogP contribution in [0.4, 0.5) is 0 Å². The van der Waals surface area contributed by atoms with Crippen LogP contribution in [0.3, 0.4) is 0 Å². The molecule has 0 aromatic carbocycles. The largest absolute Gasteiger partial charge is 0.337 e. The van der Waals surface area contributed by atoms with E-state index in [1.165, 1.54) is 0 Å². The topological polar surface area (TPSA) is 20.3 Å². The van der Waals surface area contributed by atoms with Crippen LogP contribution in [0.15, 0.2) is 12.7 Å². The van der Waals surface area contributed by atoms with Gasteiger partial charge in [0.2, 0.25) is 5.91 Å². The van der Waals surface area contributed by atoms with E-state index in [4.69, 9.17) is 11.6 Å². The minimum Gasteiger partial charge on any atom is -0.337 e. The molecule has 0 aliphatic carbocycles. The van der Waals surface area contributed by atoms with Gasteiger partial charge >= 0.3 is 0 Å². The lowest BCUT2D eigenvalue weighted by molar-refractivity contribution is -0.127. The molecule has 10 heavy (non-hydrogen) atoms. The number of rotatable bonds is 2. The first kappa shape index (κ1) is 7.61. The lowest BCUT2D eigenvalue weighted by Crippen LogP contribution is -2.24. The number of nitrogens with zero attached hydrogens (tertiary/aromatic N) is 1. The molecule has 1 unspecified atom stereocenters. The second kappa shape index (κ2) is 3.06. The second-order valence-corrected chi connectivity index (χ2v) is 3.01. The maximum absolute atomic E-state index is 11.0. The predicted molar refractivity (Wildman–Crippen MR) is 41.0 cm³/mol. The molecule has 1 saturated heterocycles. The predicted octanol–water partition coefficient (Wildman–Crippen LogP) is 1.01. The van der Waals surface area contributed by atoms with Gasteiger partial charge in [-0.3, -0.25) is 4.79 Å². The summed E-state index contributed by atoms with van der Waals surface area (Å²) in [4.78, 5) is 12.7. The lowest BCUT2D eigenvalue weighted by atomic mass is 10.4. The summed E-state index contributed by atoms with van der Waals surface area (Å²) in [6.45, 7) is 4.85. The maximum atomic E-state index is 11.0. The maximum Gasteiger partial charge on any atom is 0.224 e. The summed E-state index contributed by atoms with van der Waals surface area (Å²) < 4.78 is 0. The molecule has 1 rings (SSSR count). The van der Waals surface area contributed by atoms with Crippen LogP contribution in [0.5, 0.6) is 0 Å². The fourth-order valence-electron chi connectivity index (χ4n) is 1.06. The average Bonchev–Trinajstić information content (AvgIpc) is 2.13. The van der Waals surface area contributed by atoms with E-state index in [0.29, 0.717) is 19.5 Å². The molecule has 0 bridgehead atoms. The van der Waals surface area contributed by atoms with Crippen LogP contribution >= 0.6 is 11.6 Å². The summed E-state index contributed by atoms with van der Waals surface area (Å²) in [5, 5.41) is 0.00690. The third-order valence-electron chi connectivity index (χ3n) is 1.52. The zero-order valence-electron chi connectivity index (χ0n) is 5.72. The molecule has 3 heteroatoms. The van der Waals surface area contributed by atoms with Gasteiger partial charge in [0.25, 0.3) is 0 Å². The third-order valence-corrected chi connectivity index (χ3v) is 1.81. The first-order chi connectivity index (χ1) is 4.74. The Balaban J connectivity index is 2.46. The van der Waals surface area contributed by atoms with Crippen molar-refractivity contribution in [2.75, 3.05) is 13.1 Å². The van der Waals surface area contributed by atoms with Gasteiger partial charge in [-0.05, 0) is 0 Å². The van der Waals surface area contributed by atoms with Crippen molar-refractivity contribution in [2.24, 2.45) is 0 Å². The van der Waals surface area contributed by atoms with Crippen molar-refractivity contribution in [3.63, 3.8) is 0 Å². The summed E-state index contributed by atoms with van der Waals surface area (Å²) >= 11 is 5.74. The molecular formula is C7H10ClNO. The number of amides is 1. The molecule has 0 radical (unpaired) electrons. The first-order valence-electron chi connectivity index (χ1n) is 3.26. The molecule has 1 aliphatic rings. The van der Waals surface area contributed by atoms with Crippen LogP contribution in [0.1, 0.15) is 6.42 Å². The summed E-state index contributed by atoms with van der Waals surface area (Å²) in [5.41, 5.74) is 0. The molecule has 1 fully saturated rings. The van der Waals surface area contributed by atoms with Gasteiger partial charge in [-0.1, -0.05) is 6.08 Å². The van der Waals surface area contributed by atoms with E-state index < -0.39 is 0 Å². The van der Waals surface area contributed by atoms with Gasteiger partial charge in [-0.25, -0.2) is 0 Å². The van der Waals surface area contributed by atoms with E-state index in [-0.39, 0.29) is 11.3 Å². The number of alkyl halides is 1. The second-order valence-electron chi connectivity index (χ2n) is 2.39. The molecule has 0 aromatic heterocycles. The van der Waals surface area contributed by atoms with Crippen LogP contribution in [0.25, 0.3) is 0 Å².